The molecule has 2 rings (SSSR count). The van der Waals surface area contributed by atoms with E-state index in [2.05, 4.69) is 6.07 Å². The number of benzene rings is 1. The van der Waals surface area contributed by atoms with Gasteiger partial charge in [-0.25, -0.2) is 0 Å². The lowest BCUT2D eigenvalue weighted by Gasteiger charge is -2.26. The highest BCUT2D eigenvalue weighted by molar-refractivity contribution is 5.30. The Morgan fingerprint density at radius 2 is 2.16 bits per heavy atom. The molecule has 1 aliphatic rings. The van der Waals surface area contributed by atoms with E-state index < -0.39 is 6.10 Å². The predicted octanol–water partition coefficient (Wildman–Crippen LogP) is 2.87. The van der Waals surface area contributed by atoms with Crippen LogP contribution in [0.2, 0.25) is 0 Å². The molecule has 0 amide bonds. The number of aliphatic hydroxyl groups excluding tert-OH is 1. The van der Waals surface area contributed by atoms with Crippen LogP contribution >= 0.6 is 0 Å². The summed E-state index contributed by atoms with van der Waals surface area (Å²) in [5, 5.41) is 10.5. The van der Waals surface area contributed by atoms with Gasteiger partial charge in [-0.2, -0.15) is 0 Å². The summed E-state index contributed by atoms with van der Waals surface area (Å²) in [6, 6.07) is 8.12. The van der Waals surface area contributed by atoms with Crippen LogP contribution in [0, 0.1) is 0 Å². The van der Waals surface area contributed by atoms with Gasteiger partial charge in [0.15, 0.2) is 0 Å². The summed E-state index contributed by atoms with van der Waals surface area (Å²) in [7, 11) is 0. The Hall–Kier alpha value is -0.900. The van der Waals surface area contributed by atoms with Crippen molar-refractivity contribution in [1.29, 1.82) is 0 Å². The summed E-state index contributed by atoms with van der Waals surface area (Å²) < 4.78 is 11.3. The number of hydrogen-bond donors (Lipinski definition) is 1. The fourth-order valence-electron chi connectivity index (χ4n) is 2.67. The van der Waals surface area contributed by atoms with Crippen molar-refractivity contribution in [3.05, 3.63) is 35.4 Å². The molecule has 3 atom stereocenters. The van der Waals surface area contributed by atoms with Crippen LogP contribution in [-0.2, 0) is 15.9 Å². The van der Waals surface area contributed by atoms with Crippen LogP contribution in [0.25, 0.3) is 0 Å². The van der Waals surface area contributed by atoms with Crippen molar-refractivity contribution >= 4 is 0 Å². The van der Waals surface area contributed by atoms with Crippen LogP contribution < -0.4 is 0 Å². The lowest BCUT2D eigenvalue weighted by atomic mass is 10.0. The van der Waals surface area contributed by atoms with Crippen molar-refractivity contribution in [2.24, 2.45) is 0 Å². The molecule has 0 heterocycles. The molecule has 1 aromatic rings. The fraction of sp³-hybridized carbons (Fsp3) is 0.625. The summed E-state index contributed by atoms with van der Waals surface area (Å²) in [5.41, 5.74) is 2.27. The Kier molecular flexibility index (Phi) is 5.37. The first-order valence-electron chi connectivity index (χ1n) is 7.21. The molecule has 1 aliphatic carbocycles. The van der Waals surface area contributed by atoms with Gasteiger partial charge >= 0.3 is 0 Å². The first-order chi connectivity index (χ1) is 9.22. The maximum Gasteiger partial charge on any atom is 0.105 e. The highest BCUT2D eigenvalue weighted by Gasteiger charge is 2.27. The molecule has 3 heteroatoms. The summed E-state index contributed by atoms with van der Waals surface area (Å²) >= 11 is 0. The molecular formula is C16H24O3. The molecule has 0 radical (unpaired) electrons. The van der Waals surface area contributed by atoms with Gasteiger partial charge in [0.2, 0.25) is 0 Å². The highest BCUT2D eigenvalue weighted by Crippen LogP contribution is 2.31. The van der Waals surface area contributed by atoms with E-state index in [1.807, 2.05) is 32.0 Å². The van der Waals surface area contributed by atoms with Gasteiger partial charge in [0.05, 0.1) is 18.8 Å². The third-order valence-corrected chi connectivity index (χ3v) is 3.62. The van der Waals surface area contributed by atoms with Gasteiger partial charge in [0, 0.05) is 6.61 Å². The number of aryl methyl sites for hydroxylation is 1. The Bertz CT molecular complexity index is 391. The van der Waals surface area contributed by atoms with Gasteiger partial charge in [0.25, 0.3) is 0 Å². The quantitative estimate of drug-likeness (QED) is 0.831. The van der Waals surface area contributed by atoms with E-state index in [0.29, 0.717) is 13.2 Å². The monoisotopic (exact) mass is 264 g/mol. The minimum atomic E-state index is -0.525. The van der Waals surface area contributed by atoms with Crippen LogP contribution in [0.5, 0.6) is 0 Å². The second kappa shape index (κ2) is 7.04. The van der Waals surface area contributed by atoms with Crippen LogP contribution in [-0.4, -0.2) is 30.5 Å². The Balaban J connectivity index is 2.02. The van der Waals surface area contributed by atoms with Crippen molar-refractivity contribution < 1.29 is 14.6 Å². The van der Waals surface area contributed by atoms with E-state index in [1.54, 1.807) is 0 Å². The third-order valence-electron chi connectivity index (χ3n) is 3.62. The van der Waals surface area contributed by atoms with Gasteiger partial charge in [-0.1, -0.05) is 24.3 Å². The first kappa shape index (κ1) is 14.5. The molecule has 1 aromatic carbocycles. The number of fused-ring (bicyclic) bond motifs is 1. The second-order valence-corrected chi connectivity index (χ2v) is 5.18. The van der Waals surface area contributed by atoms with Crippen LogP contribution in [0.3, 0.4) is 0 Å². The second-order valence-electron chi connectivity index (χ2n) is 5.18. The molecule has 106 valence electrons. The zero-order valence-electron chi connectivity index (χ0n) is 11.8. The predicted molar refractivity (Wildman–Crippen MR) is 75.2 cm³/mol. The van der Waals surface area contributed by atoms with Gasteiger partial charge in [-0.3, -0.25) is 0 Å². The maximum absolute atomic E-state index is 10.5. The molecule has 3 nitrogen and oxygen atoms in total. The summed E-state index contributed by atoms with van der Waals surface area (Å²) in [6.45, 7) is 5.26. The lowest BCUT2D eigenvalue weighted by Crippen LogP contribution is -2.28. The van der Waals surface area contributed by atoms with E-state index in [0.717, 1.165) is 24.8 Å². The van der Waals surface area contributed by atoms with E-state index in [-0.39, 0.29) is 12.2 Å². The van der Waals surface area contributed by atoms with E-state index in [4.69, 9.17) is 9.47 Å². The van der Waals surface area contributed by atoms with Crippen LogP contribution in [0.4, 0.5) is 0 Å². The van der Waals surface area contributed by atoms with Crippen molar-refractivity contribution in [3.63, 3.8) is 0 Å². The molecular weight excluding hydrogens is 240 g/mol. The number of hydrogen-bond acceptors (Lipinski definition) is 3. The van der Waals surface area contributed by atoms with Crippen LogP contribution in [0.15, 0.2) is 24.3 Å². The lowest BCUT2D eigenvalue weighted by molar-refractivity contribution is -0.0968. The Morgan fingerprint density at radius 1 is 1.37 bits per heavy atom. The van der Waals surface area contributed by atoms with Gasteiger partial charge in [0.1, 0.15) is 6.10 Å². The van der Waals surface area contributed by atoms with E-state index in [1.165, 1.54) is 5.56 Å². The zero-order chi connectivity index (χ0) is 13.7. The average molecular weight is 264 g/mol. The van der Waals surface area contributed by atoms with E-state index >= 15 is 0 Å². The highest BCUT2D eigenvalue weighted by atomic mass is 16.5. The molecule has 0 saturated carbocycles. The topological polar surface area (TPSA) is 38.7 Å². The summed E-state index contributed by atoms with van der Waals surface area (Å²) in [6.07, 6.45) is 2.34. The largest absolute Gasteiger partial charge is 0.386 e. The molecule has 0 bridgehead atoms. The molecule has 0 saturated heterocycles. The average Bonchev–Trinajstić information content (AvgIpc) is 2.58. The molecule has 3 unspecified atom stereocenters. The first-order valence-corrected chi connectivity index (χ1v) is 7.21. The molecule has 0 fully saturated rings. The minimum absolute atomic E-state index is 0.0184. The third kappa shape index (κ3) is 3.78. The Labute approximate surface area is 115 Å². The standard InChI is InChI=1S/C16H24O3/c1-3-18-11-12(2)19-15-10-6-8-13-7-4-5-9-14(13)16(15)17/h4-5,7,9,12,15-17H,3,6,8,10-11H2,1-2H3. The van der Waals surface area contributed by atoms with Crippen molar-refractivity contribution in [3.8, 4) is 0 Å². The summed E-state index contributed by atoms with van der Waals surface area (Å²) in [4.78, 5) is 0. The minimum Gasteiger partial charge on any atom is -0.386 e. The molecule has 0 aromatic heterocycles. The van der Waals surface area contributed by atoms with E-state index in [9.17, 15) is 5.11 Å². The van der Waals surface area contributed by atoms with Gasteiger partial charge in [-0.05, 0) is 44.2 Å². The Morgan fingerprint density at radius 3 is 2.95 bits per heavy atom. The molecule has 0 aliphatic heterocycles. The number of aliphatic hydroxyl groups is 1. The number of ether oxygens (including phenoxy) is 2. The zero-order valence-corrected chi connectivity index (χ0v) is 11.8. The summed E-state index contributed by atoms with van der Waals surface area (Å²) in [5.74, 6) is 0. The molecule has 0 spiro atoms. The van der Waals surface area contributed by atoms with Crippen molar-refractivity contribution in [2.45, 2.75) is 51.4 Å². The van der Waals surface area contributed by atoms with Gasteiger partial charge in [-0.15, -0.1) is 0 Å². The normalized spacial score (nSPS) is 24.6. The number of rotatable bonds is 5. The molecule has 1 N–H and O–H groups in total. The SMILES string of the molecule is CCOCC(C)OC1CCCc2ccccc2C1O. The maximum atomic E-state index is 10.5. The van der Waals surface area contributed by atoms with Crippen LogP contribution in [0.1, 0.15) is 43.9 Å². The smallest absolute Gasteiger partial charge is 0.105 e. The fourth-order valence-corrected chi connectivity index (χ4v) is 2.67. The van der Waals surface area contributed by atoms with Crippen molar-refractivity contribution in [1.82, 2.24) is 0 Å². The van der Waals surface area contributed by atoms with Crippen molar-refractivity contribution in [2.75, 3.05) is 13.2 Å². The van der Waals surface area contributed by atoms with Gasteiger partial charge < -0.3 is 14.6 Å². The molecule has 19 heavy (non-hydrogen) atoms.